The SMILES string of the molecule is CN1CCN(C(=O)c2ccc3c(c2)N/C(=C(/C(N)=O)c2nccc(C(F)(F)F)n2)N3)CC1. The maximum Gasteiger partial charge on any atom is 0.433 e. The van der Waals surface area contributed by atoms with Crippen molar-refractivity contribution in [1.29, 1.82) is 0 Å². The van der Waals surface area contributed by atoms with Gasteiger partial charge in [-0.1, -0.05) is 0 Å². The Balaban J connectivity index is 1.63. The molecule has 0 atom stereocenters. The smallest absolute Gasteiger partial charge is 0.365 e. The van der Waals surface area contributed by atoms with E-state index in [1.54, 1.807) is 23.1 Å². The lowest BCUT2D eigenvalue weighted by Crippen LogP contribution is -2.47. The lowest BCUT2D eigenvalue weighted by Gasteiger charge is -2.32. The average molecular weight is 447 g/mol. The Labute approximate surface area is 181 Å². The van der Waals surface area contributed by atoms with Crippen molar-refractivity contribution < 1.29 is 22.8 Å². The van der Waals surface area contributed by atoms with E-state index in [2.05, 4.69) is 25.5 Å². The summed E-state index contributed by atoms with van der Waals surface area (Å²) >= 11 is 0. The number of hydrogen-bond acceptors (Lipinski definition) is 7. The minimum absolute atomic E-state index is 0.0380. The number of likely N-dealkylation sites (N-methyl/N-ethyl adjacent to an activating group) is 1. The number of rotatable bonds is 3. The number of fused-ring (bicyclic) bond motifs is 1. The molecule has 12 heteroatoms. The molecule has 2 aromatic rings. The Morgan fingerprint density at radius 2 is 1.75 bits per heavy atom. The van der Waals surface area contributed by atoms with Crippen LogP contribution in [0.4, 0.5) is 24.5 Å². The van der Waals surface area contributed by atoms with Gasteiger partial charge in [0.25, 0.3) is 11.8 Å². The number of benzene rings is 1. The number of alkyl halides is 3. The molecule has 3 heterocycles. The fourth-order valence-corrected chi connectivity index (χ4v) is 3.49. The van der Waals surface area contributed by atoms with E-state index in [9.17, 15) is 22.8 Å². The molecule has 2 aliphatic heterocycles. The molecule has 9 nitrogen and oxygen atoms in total. The molecule has 4 N–H and O–H groups in total. The number of aromatic nitrogens is 2. The van der Waals surface area contributed by atoms with Crippen molar-refractivity contribution >= 4 is 28.8 Å². The highest BCUT2D eigenvalue weighted by Gasteiger charge is 2.34. The summed E-state index contributed by atoms with van der Waals surface area (Å²) < 4.78 is 39.1. The molecule has 0 saturated carbocycles. The molecule has 1 fully saturated rings. The number of nitrogens with two attached hydrogens (primary N) is 1. The maximum absolute atomic E-state index is 13.0. The average Bonchev–Trinajstić information content (AvgIpc) is 3.15. The summed E-state index contributed by atoms with van der Waals surface area (Å²) in [6.45, 7) is 2.79. The van der Waals surface area contributed by atoms with Gasteiger partial charge in [0.1, 0.15) is 17.1 Å². The highest BCUT2D eigenvalue weighted by atomic mass is 19.4. The largest absolute Gasteiger partial charge is 0.433 e. The second kappa shape index (κ2) is 8.11. The van der Waals surface area contributed by atoms with Gasteiger partial charge in [-0.05, 0) is 31.3 Å². The molecule has 0 unspecified atom stereocenters. The third-order valence-electron chi connectivity index (χ3n) is 5.24. The number of halogens is 3. The van der Waals surface area contributed by atoms with Crippen molar-refractivity contribution in [2.75, 3.05) is 43.9 Å². The number of hydrogen-bond donors (Lipinski definition) is 3. The van der Waals surface area contributed by atoms with Crippen LogP contribution in [0.1, 0.15) is 21.9 Å². The van der Waals surface area contributed by atoms with Gasteiger partial charge in [0, 0.05) is 37.9 Å². The molecule has 1 aromatic carbocycles. The third-order valence-corrected chi connectivity index (χ3v) is 5.24. The predicted octanol–water partition coefficient (Wildman–Crippen LogP) is 1.57. The van der Waals surface area contributed by atoms with Crippen molar-refractivity contribution in [3.05, 3.63) is 53.4 Å². The lowest BCUT2D eigenvalue weighted by atomic mass is 10.1. The van der Waals surface area contributed by atoms with Gasteiger partial charge in [-0.15, -0.1) is 0 Å². The minimum Gasteiger partial charge on any atom is -0.365 e. The van der Waals surface area contributed by atoms with E-state index < -0.39 is 23.6 Å². The molecule has 0 spiro atoms. The number of carbonyl (C=O) groups excluding carboxylic acids is 2. The van der Waals surface area contributed by atoms with Gasteiger partial charge in [-0.25, -0.2) is 9.97 Å². The van der Waals surface area contributed by atoms with Gasteiger partial charge in [0.05, 0.1) is 11.4 Å². The number of nitrogens with zero attached hydrogens (tertiary/aromatic N) is 4. The third kappa shape index (κ3) is 4.21. The summed E-state index contributed by atoms with van der Waals surface area (Å²) in [4.78, 5) is 36.0. The molecule has 0 radical (unpaired) electrons. The molecule has 1 saturated heterocycles. The first kappa shape index (κ1) is 21.6. The van der Waals surface area contributed by atoms with E-state index in [0.717, 1.165) is 19.3 Å². The molecule has 2 amide bonds. The van der Waals surface area contributed by atoms with Crippen molar-refractivity contribution in [2.24, 2.45) is 5.73 Å². The zero-order valence-electron chi connectivity index (χ0n) is 17.0. The number of amides is 2. The van der Waals surface area contributed by atoms with E-state index in [0.29, 0.717) is 36.1 Å². The highest BCUT2D eigenvalue weighted by molar-refractivity contribution is 6.20. The van der Waals surface area contributed by atoms with Gasteiger partial charge in [-0.2, -0.15) is 13.2 Å². The van der Waals surface area contributed by atoms with Gasteiger partial charge in [0.15, 0.2) is 5.82 Å². The van der Waals surface area contributed by atoms with Crippen LogP contribution in [-0.2, 0) is 11.0 Å². The minimum atomic E-state index is -4.71. The second-order valence-electron chi connectivity index (χ2n) is 7.48. The Kier molecular flexibility index (Phi) is 5.46. The molecule has 1 aromatic heterocycles. The number of nitrogens with one attached hydrogen (secondary N) is 2. The van der Waals surface area contributed by atoms with E-state index >= 15 is 0 Å². The number of anilines is 2. The quantitative estimate of drug-likeness (QED) is 0.612. The molecule has 2 aliphatic rings. The zero-order chi connectivity index (χ0) is 23.0. The summed E-state index contributed by atoms with van der Waals surface area (Å²) in [5.41, 5.74) is 5.35. The fraction of sp³-hybridized carbons (Fsp3) is 0.300. The number of primary amides is 1. The van der Waals surface area contributed by atoms with Crippen molar-refractivity contribution in [2.45, 2.75) is 6.18 Å². The van der Waals surface area contributed by atoms with Crippen molar-refractivity contribution in [1.82, 2.24) is 19.8 Å². The molecular weight excluding hydrogens is 427 g/mol. The first-order valence-corrected chi connectivity index (χ1v) is 9.74. The second-order valence-corrected chi connectivity index (χ2v) is 7.48. The van der Waals surface area contributed by atoms with Crippen LogP contribution in [0, 0.1) is 0 Å². The van der Waals surface area contributed by atoms with Crippen molar-refractivity contribution in [3.63, 3.8) is 0 Å². The molecule has 0 bridgehead atoms. The van der Waals surface area contributed by atoms with E-state index in [1.807, 2.05) is 7.05 Å². The Bertz CT molecular complexity index is 1110. The highest BCUT2D eigenvalue weighted by Crippen LogP contribution is 2.35. The fourth-order valence-electron chi connectivity index (χ4n) is 3.49. The van der Waals surface area contributed by atoms with Crippen molar-refractivity contribution in [3.8, 4) is 0 Å². The first-order valence-electron chi connectivity index (χ1n) is 9.74. The normalized spacial score (nSPS) is 17.9. The van der Waals surface area contributed by atoms with E-state index in [-0.39, 0.29) is 17.3 Å². The molecular formula is C20H20F3N7O2. The standard InChI is InChI=1S/C20H20F3N7O2/c1-29-6-8-30(9-7-29)19(32)11-2-3-12-13(10-11)27-18(26-12)15(16(24)31)17-25-5-4-14(28-17)20(21,22)23/h2-5,10,26-27H,6-9H2,1H3,(H2,24,31)/b18-15-. The van der Waals surface area contributed by atoms with Crippen LogP contribution in [0.5, 0.6) is 0 Å². The number of carbonyl (C=O) groups is 2. The van der Waals surface area contributed by atoms with Crippen LogP contribution >= 0.6 is 0 Å². The predicted molar refractivity (Wildman–Crippen MR) is 110 cm³/mol. The summed E-state index contributed by atoms with van der Waals surface area (Å²) in [5.74, 6) is -1.57. The zero-order valence-corrected chi connectivity index (χ0v) is 17.0. The molecule has 4 rings (SSSR count). The van der Waals surface area contributed by atoms with Gasteiger partial charge < -0.3 is 26.2 Å². The first-order chi connectivity index (χ1) is 15.1. The summed E-state index contributed by atoms with van der Waals surface area (Å²) in [7, 11) is 1.99. The van der Waals surface area contributed by atoms with Gasteiger partial charge in [-0.3, -0.25) is 9.59 Å². The topological polar surface area (TPSA) is 116 Å². The van der Waals surface area contributed by atoms with Crippen LogP contribution in [0.15, 0.2) is 36.3 Å². The Morgan fingerprint density at radius 3 is 2.41 bits per heavy atom. The van der Waals surface area contributed by atoms with Crippen LogP contribution in [0.2, 0.25) is 0 Å². The summed E-state index contributed by atoms with van der Waals surface area (Å²) in [6.07, 6.45) is -3.80. The molecule has 32 heavy (non-hydrogen) atoms. The summed E-state index contributed by atoms with van der Waals surface area (Å²) in [5, 5.41) is 5.80. The van der Waals surface area contributed by atoms with Gasteiger partial charge >= 0.3 is 6.18 Å². The van der Waals surface area contributed by atoms with Crippen LogP contribution < -0.4 is 16.4 Å². The number of piperazine rings is 1. The monoisotopic (exact) mass is 447 g/mol. The molecule has 0 aliphatic carbocycles. The Morgan fingerprint density at radius 1 is 1.06 bits per heavy atom. The van der Waals surface area contributed by atoms with Crippen LogP contribution in [-0.4, -0.2) is 64.8 Å². The Hall–Kier alpha value is -3.67. The maximum atomic E-state index is 13.0. The molecule has 168 valence electrons. The van der Waals surface area contributed by atoms with Crippen LogP contribution in [0.25, 0.3) is 5.57 Å². The lowest BCUT2D eigenvalue weighted by molar-refractivity contribution is -0.141. The summed E-state index contributed by atoms with van der Waals surface area (Å²) in [6, 6.07) is 5.60. The van der Waals surface area contributed by atoms with Crippen LogP contribution in [0.3, 0.4) is 0 Å². The van der Waals surface area contributed by atoms with Gasteiger partial charge in [0.2, 0.25) is 0 Å². The van der Waals surface area contributed by atoms with E-state index in [1.165, 1.54) is 0 Å². The van der Waals surface area contributed by atoms with E-state index in [4.69, 9.17) is 5.73 Å².